The van der Waals surface area contributed by atoms with Gasteiger partial charge in [0.15, 0.2) is 0 Å². The van der Waals surface area contributed by atoms with Crippen molar-refractivity contribution in [2.75, 3.05) is 30.8 Å². The summed E-state index contributed by atoms with van der Waals surface area (Å²) < 4.78 is 31.5. The number of rotatable bonds is 11. The Morgan fingerprint density at radius 3 is 2.32 bits per heavy atom. The zero-order valence-corrected chi connectivity index (χ0v) is 21.6. The van der Waals surface area contributed by atoms with E-state index in [1.165, 1.54) is 12.0 Å². The molecule has 1 atom stereocenters. The third-order valence-electron chi connectivity index (χ3n) is 5.31. The first-order chi connectivity index (χ1) is 15.9. The van der Waals surface area contributed by atoms with Gasteiger partial charge in [-0.15, -0.1) is 0 Å². The predicted molar refractivity (Wildman–Crippen MR) is 134 cm³/mol. The van der Waals surface area contributed by atoms with Gasteiger partial charge in [0.05, 0.1) is 19.1 Å². The minimum atomic E-state index is -3.79. The Labute approximate surface area is 202 Å². The van der Waals surface area contributed by atoms with E-state index in [-0.39, 0.29) is 18.4 Å². The highest BCUT2D eigenvalue weighted by atomic mass is 32.2. The van der Waals surface area contributed by atoms with Gasteiger partial charge in [0, 0.05) is 19.2 Å². The van der Waals surface area contributed by atoms with Gasteiger partial charge in [-0.1, -0.05) is 49.7 Å². The minimum absolute atomic E-state index is 0.173. The van der Waals surface area contributed by atoms with Crippen molar-refractivity contribution in [2.24, 2.45) is 5.92 Å². The van der Waals surface area contributed by atoms with Crippen LogP contribution >= 0.6 is 0 Å². The van der Waals surface area contributed by atoms with Crippen molar-refractivity contribution in [2.45, 2.75) is 40.3 Å². The van der Waals surface area contributed by atoms with Crippen molar-refractivity contribution in [1.82, 2.24) is 10.2 Å². The molecule has 0 bridgehead atoms. The van der Waals surface area contributed by atoms with Crippen LogP contribution in [0.2, 0.25) is 0 Å². The maximum atomic E-state index is 13.5. The van der Waals surface area contributed by atoms with Crippen molar-refractivity contribution in [3.8, 4) is 5.75 Å². The number of ether oxygens (including phenoxy) is 1. The molecule has 2 aromatic carbocycles. The highest BCUT2D eigenvalue weighted by Gasteiger charge is 2.30. The van der Waals surface area contributed by atoms with E-state index >= 15 is 0 Å². The van der Waals surface area contributed by atoms with Crippen LogP contribution in [0.5, 0.6) is 5.75 Å². The fourth-order valence-electron chi connectivity index (χ4n) is 3.42. The molecule has 0 aliphatic heterocycles. The van der Waals surface area contributed by atoms with Crippen LogP contribution in [0.25, 0.3) is 0 Å². The number of hydrogen-bond donors (Lipinski definition) is 1. The predicted octanol–water partition coefficient (Wildman–Crippen LogP) is 2.96. The van der Waals surface area contributed by atoms with Crippen LogP contribution in [-0.2, 0) is 26.2 Å². The van der Waals surface area contributed by atoms with Crippen LogP contribution in [0.4, 0.5) is 5.69 Å². The summed E-state index contributed by atoms with van der Waals surface area (Å²) >= 11 is 0. The number of benzene rings is 2. The number of anilines is 1. The van der Waals surface area contributed by atoms with Gasteiger partial charge in [0.25, 0.3) is 0 Å². The fraction of sp³-hybridized carbons (Fsp3) is 0.440. The summed E-state index contributed by atoms with van der Waals surface area (Å²) in [6.45, 7) is 7.78. The molecular weight excluding hydrogens is 454 g/mol. The maximum Gasteiger partial charge on any atom is 0.244 e. The Morgan fingerprint density at radius 1 is 1.06 bits per heavy atom. The molecule has 0 aliphatic rings. The Morgan fingerprint density at radius 2 is 1.74 bits per heavy atom. The smallest absolute Gasteiger partial charge is 0.244 e. The monoisotopic (exact) mass is 489 g/mol. The average Bonchev–Trinajstić information content (AvgIpc) is 2.78. The molecule has 8 nitrogen and oxygen atoms in total. The quantitative estimate of drug-likeness (QED) is 0.524. The third kappa shape index (κ3) is 7.76. The van der Waals surface area contributed by atoms with Gasteiger partial charge in [-0.05, 0) is 37.5 Å². The van der Waals surface area contributed by atoms with E-state index in [2.05, 4.69) is 5.32 Å². The Kier molecular flexibility index (Phi) is 9.49. The van der Waals surface area contributed by atoms with Gasteiger partial charge in [0.2, 0.25) is 21.8 Å². The van der Waals surface area contributed by atoms with Crippen LogP contribution in [0, 0.1) is 12.8 Å². The summed E-state index contributed by atoms with van der Waals surface area (Å²) in [5, 5.41) is 2.86. The van der Waals surface area contributed by atoms with Crippen molar-refractivity contribution in [3.63, 3.8) is 0 Å². The van der Waals surface area contributed by atoms with Gasteiger partial charge in [-0.2, -0.15) is 0 Å². The van der Waals surface area contributed by atoms with E-state index < -0.39 is 28.5 Å². The summed E-state index contributed by atoms with van der Waals surface area (Å²) in [4.78, 5) is 27.8. The van der Waals surface area contributed by atoms with E-state index in [0.29, 0.717) is 18.0 Å². The molecular formula is C25H35N3O5S. The first-order valence-electron chi connectivity index (χ1n) is 11.2. The van der Waals surface area contributed by atoms with Crippen molar-refractivity contribution in [1.29, 1.82) is 0 Å². The van der Waals surface area contributed by atoms with Crippen LogP contribution in [0.1, 0.15) is 31.9 Å². The lowest BCUT2D eigenvalue weighted by atomic mass is 10.1. The highest BCUT2D eigenvalue weighted by molar-refractivity contribution is 7.92. The van der Waals surface area contributed by atoms with E-state index in [1.807, 2.05) is 45.0 Å². The van der Waals surface area contributed by atoms with Crippen molar-refractivity contribution < 1.29 is 22.7 Å². The molecule has 0 unspecified atom stereocenters. The van der Waals surface area contributed by atoms with Gasteiger partial charge < -0.3 is 15.0 Å². The van der Waals surface area contributed by atoms with Crippen LogP contribution in [0.15, 0.2) is 48.5 Å². The summed E-state index contributed by atoms with van der Waals surface area (Å²) in [7, 11) is -2.31. The molecule has 0 radical (unpaired) electrons. The summed E-state index contributed by atoms with van der Waals surface area (Å²) in [6.07, 6.45) is 1.05. The molecule has 186 valence electrons. The molecule has 0 spiro atoms. The molecule has 0 saturated heterocycles. The highest BCUT2D eigenvalue weighted by Crippen LogP contribution is 2.23. The lowest BCUT2D eigenvalue weighted by molar-refractivity contribution is -0.139. The second-order valence-corrected chi connectivity index (χ2v) is 10.7. The van der Waals surface area contributed by atoms with E-state index in [1.54, 1.807) is 31.2 Å². The number of aryl methyl sites for hydroxylation is 1. The molecule has 2 aromatic rings. The molecule has 2 rings (SSSR count). The average molecular weight is 490 g/mol. The molecule has 1 N–H and O–H groups in total. The largest absolute Gasteiger partial charge is 0.497 e. The molecule has 2 amide bonds. The molecule has 0 aromatic heterocycles. The van der Waals surface area contributed by atoms with Gasteiger partial charge >= 0.3 is 0 Å². The number of sulfonamides is 1. The van der Waals surface area contributed by atoms with Gasteiger partial charge in [-0.25, -0.2) is 8.42 Å². The van der Waals surface area contributed by atoms with E-state index in [9.17, 15) is 18.0 Å². The number of methoxy groups -OCH3 is 1. The van der Waals surface area contributed by atoms with Gasteiger partial charge in [0.1, 0.15) is 18.3 Å². The summed E-state index contributed by atoms with van der Waals surface area (Å²) in [6, 6.07) is 13.4. The number of carbonyl (C=O) groups excluding carboxylic acids is 2. The van der Waals surface area contributed by atoms with Crippen LogP contribution < -0.4 is 14.4 Å². The standard InChI is InChI=1S/C25H35N3O5S/c1-18(2)15-26-25(30)20(4)27(16-21-10-7-9-19(3)13-21)24(29)17-28(34(6,31)32)22-11-8-12-23(14-22)33-5/h7-14,18,20H,15-17H2,1-6H3,(H,26,30)/t20-/m1/s1. The number of hydrogen-bond acceptors (Lipinski definition) is 5. The first-order valence-corrected chi connectivity index (χ1v) is 13.0. The minimum Gasteiger partial charge on any atom is -0.497 e. The zero-order chi connectivity index (χ0) is 25.5. The normalized spacial score (nSPS) is 12.2. The summed E-state index contributed by atoms with van der Waals surface area (Å²) in [5.74, 6) is -0.0496. The maximum absolute atomic E-state index is 13.5. The SMILES string of the molecule is COc1cccc(N(CC(=O)N(Cc2cccc(C)c2)[C@H](C)C(=O)NCC(C)C)S(C)(=O)=O)c1. The topological polar surface area (TPSA) is 96.0 Å². The first kappa shape index (κ1) is 27.2. The third-order valence-corrected chi connectivity index (χ3v) is 6.45. The number of nitrogens with zero attached hydrogens (tertiary/aromatic N) is 2. The summed E-state index contributed by atoms with van der Waals surface area (Å²) in [5.41, 5.74) is 2.18. The van der Waals surface area contributed by atoms with E-state index in [0.717, 1.165) is 21.7 Å². The van der Waals surface area contributed by atoms with E-state index in [4.69, 9.17) is 4.74 Å². The van der Waals surface area contributed by atoms with Gasteiger partial charge in [-0.3, -0.25) is 13.9 Å². The lowest BCUT2D eigenvalue weighted by Crippen LogP contribution is -2.51. The fourth-order valence-corrected chi connectivity index (χ4v) is 4.26. The second kappa shape index (κ2) is 11.9. The van der Waals surface area contributed by atoms with Crippen molar-refractivity contribution >= 4 is 27.5 Å². The molecule has 0 heterocycles. The number of carbonyl (C=O) groups is 2. The zero-order valence-electron chi connectivity index (χ0n) is 20.7. The molecule has 0 fully saturated rings. The Bertz CT molecular complexity index is 1100. The molecule has 0 saturated carbocycles. The Balaban J connectivity index is 2.38. The lowest BCUT2D eigenvalue weighted by Gasteiger charge is -2.31. The van der Waals surface area contributed by atoms with Crippen LogP contribution in [-0.4, -0.2) is 57.6 Å². The molecule has 0 aliphatic carbocycles. The number of amides is 2. The molecule has 9 heteroatoms. The number of nitrogens with one attached hydrogen (secondary N) is 1. The molecule has 34 heavy (non-hydrogen) atoms. The Hall–Kier alpha value is -3.07. The van der Waals surface area contributed by atoms with Crippen LogP contribution in [0.3, 0.4) is 0 Å². The second-order valence-electron chi connectivity index (χ2n) is 8.80. The van der Waals surface area contributed by atoms with Crippen molar-refractivity contribution in [3.05, 3.63) is 59.7 Å².